The maximum Gasteiger partial charge on any atom is 0.153 e. The topological polar surface area (TPSA) is 34.1 Å². The minimum atomic E-state index is -2.70. The molecule has 1 aliphatic carbocycles. The number of fused-ring (bicyclic) bond motifs is 1. The first kappa shape index (κ1) is 7.35. The maximum atomic E-state index is 11.4. The highest BCUT2D eigenvalue weighted by atomic mass is 32.2. The van der Waals surface area contributed by atoms with Gasteiger partial charge in [-0.2, -0.15) is 0 Å². The van der Waals surface area contributed by atoms with Crippen molar-refractivity contribution in [2.24, 2.45) is 5.92 Å². The van der Waals surface area contributed by atoms with Gasteiger partial charge in [0, 0.05) is 0 Å². The molecule has 0 aromatic heterocycles. The molecule has 0 bridgehead atoms. The van der Waals surface area contributed by atoms with E-state index in [1.807, 2.05) is 6.08 Å². The van der Waals surface area contributed by atoms with Crippen molar-refractivity contribution in [1.82, 2.24) is 0 Å². The summed E-state index contributed by atoms with van der Waals surface area (Å²) in [5, 5.41) is -0.0347. The van der Waals surface area contributed by atoms with Gasteiger partial charge in [0.2, 0.25) is 0 Å². The Hall–Kier alpha value is -0.310. The fourth-order valence-corrected chi connectivity index (χ4v) is 4.23. The fourth-order valence-electron chi connectivity index (χ4n) is 2.06. The first-order chi connectivity index (χ1) is 5.20. The molecule has 0 spiro atoms. The lowest BCUT2D eigenvalue weighted by Crippen LogP contribution is -2.23. The first-order valence-electron chi connectivity index (χ1n) is 4.07. The average Bonchev–Trinajstić information content (AvgIpc) is 2.29. The molecule has 3 heteroatoms. The highest BCUT2D eigenvalue weighted by Gasteiger charge is 2.39. The molecular weight excluding hydrogens is 160 g/mol. The van der Waals surface area contributed by atoms with Crippen molar-refractivity contribution < 1.29 is 8.42 Å². The summed E-state index contributed by atoms with van der Waals surface area (Å²) < 4.78 is 22.7. The largest absolute Gasteiger partial charge is 0.229 e. The normalized spacial score (nSPS) is 40.4. The van der Waals surface area contributed by atoms with E-state index < -0.39 is 9.84 Å². The zero-order chi connectivity index (χ0) is 7.90. The van der Waals surface area contributed by atoms with Crippen LogP contribution in [0.3, 0.4) is 0 Å². The molecule has 0 saturated carbocycles. The van der Waals surface area contributed by atoms with Crippen LogP contribution < -0.4 is 0 Å². The van der Waals surface area contributed by atoms with Gasteiger partial charge >= 0.3 is 0 Å². The van der Waals surface area contributed by atoms with Crippen molar-refractivity contribution in [1.29, 1.82) is 0 Å². The Morgan fingerprint density at radius 3 is 2.64 bits per heavy atom. The van der Waals surface area contributed by atoms with E-state index in [-0.39, 0.29) is 5.25 Å². The Morgan fingerprint density at radius 2 is 1.91 bits per heavy atom. The monoisotopic (exact) mass is 172 g/mol. The number of hydrogen-bond acceptors (Lipinski definition) is 2. The van der Waals surface area contributed by atoms with Crippen molar-refractivity contribution in [3.05, 3.63) is 12.2 Å². The molecule has 0 aromatic carbocycles. The first-order valence-corrected chi connectivity index (χ1v) is 5.78. The Labute approximate surface area is 67.2 Å². The maximum absolute atomic E-state index is 11.4. The second kappa shape index (κ2) is 2.34. The van der Waals surface area contributed by atoms with Gasteiger partial charge in [0.25, 0.3) is 0 Å². The lowest BCUT2D eigenvalue weighted by molar-refractivity contribution is 0.492. The molecule has 2 atom stereocenters. The molecule has 1 heterocycles. The second-order valence-corrected chi connectivity index (χ2v) is 5.74. The van der Waals surface area contributed by atoms with E-state index in [0.29, 0.717) is 11.7 Å². The Morgan fingerprint density at radius 1 is 1.18 bits per heavy atom. The molecule has 0 unspecified atom stereocenters. The summed E-state index contributed by atoms with van der Waals surface area (Å²) >= 11 is 0. The minimum absolute atomic E-state index is 0.0347. The number of hydrogen-bond donors (Lipinski definition) is 0. The van der Waals surface area contributed by atoms with Gasteiger partial charge in [-0.1, -0.05) is 12.2 Å². The highest BCUT2D eigenvalue weighted by Crippen LogP contribution is 2.34. The van der Waals surface area contributed by atoms with Crippen LogP contribution in [0, 0.1) is 5.92 Å². The smallest absolute Gasteiger partial charge is 0.153 e. The third-order valence-corrected chi connectivity index (χ3v) is 5.04. The molecule has 1 aliphatic heterocycles. The molecule has 62 valence electrons. The Bertz CT molecular complexity index is 276. The SMILES string of the molecule is O=S1(=O)CC[C@H]2CC=CC[C@H]21. The molecule has 0 aromatic rings. The summed E-state index contributed by atoms with van der Waals surface area (Å²) in [6.07, 6.45) is 6.74. The molecule has 1 saturated heterocycles. The molecule has 11 heavy (non-hydrogen) atoms. The zero-order valence-electron chi connectivity index (χ0n) is 6.36. The van der Waals surface area contributed by atoms with E-state index in [1.165, 1.54) is 0 Å². The number of allylic oxidation sites excluding steroid dienone is 2. The van der Waals surface area contributed by atoms with Gasteiger partial charge in [-0.15, -0.1) is 0 Å². The average molecular weight is 172 g/mol. The van der Waals surface area contributed by atoms with E-state index in [4.69, 9.17) is 0 Å². The van der Waals surface area contributed by atoms with Gasteiger partial charge in [-0.05, 0) is 25.2 Å². The van der Waals surface area contributed by atoms with Gasteiger partial charge in [0.15, 0.2) is 9.84 Å². The van der Waals surface area contributed by atoms with Crippen LogP contribution in [0.2, 0.25) is 0 Å². The van der Waals surface area contributed by atoms with Crippen molar-refractivity contribution in [2.75, 3.05) is 5.75 Å². The van der Waals surface area contributed by atoms with Gasteiger partial charge < -0.3 is 0 Å². The van der Waals surface area contributed by atoms with E-state index in [1.54, 1.807) is 0 Å². The van der Waals surface area contributed by atoms with Crippen LogP contribution in [0.4, 0.5) is 0 Å². The summed E-state index contributed by atoms with van der Waals surface area (Å²) in [5.41, 5.74) is 0. The third kappa shape index (κ3) is 1.11. The summed E-state index contributed by atoms with van der Waals surface area (Å²) in [4.78, 5) is 0. The molecule has 0 amide bonds. The molecule has 2 aliphatic rings. The van der Waals surface area contributed by atoms with E-state index >= 15 is 0 Å². The predicted molar refractivity (Wildman–Crippen MR) is 44.1 cm³/mol. The van der Waals surface area contributed by atoms with Crippen LogP contribution in [-0.4, -0.2) is 19.4 Å². The highest BCUT2D eigenvalue weighted by molar-refractivity contribution is 7.92. The van der Waals surface area contributed by atoms with Crippen molar-refractivity contribution in [2.45, 2.75) is 24.5 Å². The van der Waals surface area contributed by atoms with Crippen molar-refractivity contribution in [3.63, 3.8) is 0 Å². The number of rotatable bonds is 0. The molecule has 0 radical (unpaired) electrons. The molecule has 2 nitrogen and oxygen atoms in total. The lowest BCUT2D eigenvalue weighted by atomic mass is 9.92. The van der Waals surface area contributed by atoms with Crippen LogP contribution in [0.15, 0.2) is 12.2 Å². The second-order valence-electron chi connectivity index (χ2n) is 3.40. The number of sulfone groups is 1. The summed E-state index contributed by atoms with van der Waals surface area (Å²) in [5.74, 6) is 0.856. The van der Waals surface area contributed by atoms with Crippen molar-refractivity contribution in [3.8, 4) is 0 Å². The van der Waals surface area contributed by atoms with Gasteiger partial charge in [0.1, 0.15) is 0 Å². The van der Waals surface area contributed by atoms with E-state index in [0.717, 1.165) is 19.3 Å². The quantitative estimate of drug-likeness (QED) is 0.513. The van der Waals surface area contributed by atoms with Crippen LogP contribution in [0.1, 0.15) is 19.3 Å². The van der Waals surface area contributed by atoms with Gasteiger partial charge in [-0.25, -0.2) is 8.42 Å². The van der Waals surface area contributed by atoms with Crippen molar-refractivity contribution >= 4 is 9.84 Å². The molecule has 2 rings (SSSR count). The van der Waals surface area contributed by atoms with Gasteiger partial charge in [-0.3, -0.25) is 0 Å². The summed E-state index contributed by atoms with van der Waals surface area (Å²) in [6.45, 7) is 0. The molecular formula is C8H12O2S. The zero-order valence-corrected chi connectivity index (χ0v) is 7.18. The minimum Gasteiger partial charge on any atom is -0.229 e. The Balaban J connectivity index is 2.32. The molecule has 0 N–H and O–H groups in total. The van der Waals surface area contributed by atoms with E-state index in [9.17, 15) is 8.42 Å². The van der Waals surface area contributed by atoms with Crippen LogP contribution >= 0.6 is 0 Å². The predicted octanol–water partition coefficient (Wildman–Crippen LogP) is 1.14. The summed E-state index contributed by atoms with van der Waals surface area (Å²) in [7, 11) is -2.70. The van der Waals surface area contributed by atoms with Gasteiger partial charge in [0.05, 0.1) is 11.0 Å². The standard InChI is InChI=1S/C8H12O2S/c9-11(10)6-5-7-3-1-2-4-8(7)11/h1-2,7-8H,3-6H2/t7-,8-/m1/s1. The lowest BCUT2D eigenvalue weighted by Gasteiger charge is -2.18. The Kier molecular flexibility index (Phi) is 1.56. The van der Waals surface area contributed by atoms with Crippen LogP contribution in [0.5, 0.6) is 0 Å². The fraction of sp³-hybridized carbons (Fsp3) is 0.750. The molecule has 1 fully saturated rings. The van der Waals surface area contributed by atoms with Crippen LogP contribution in [-0.2, 0) is 9.84 Å². The van der Waals surface area contributed by atoms with E-state index in [2.05, 4.69) is 6.08 Å². The summed E-state index contributed by atoms with van der Waals surface area (Å²) in [6, 6.07) is 0. The van der Waals surface area contributed by atoms with Crippen LogP contribution in [0.25, 0.3) is 0 Å². The third-order valence-electron chi connectivity index (χ3n) is 2.73.